The van der Waals surface area contributed by atoms with Gasteiger partial charge in [-0.05, 0) is 24.7 Å². The molecular formula is C10H12ClN2O-. The highest BCUT2D eigenvalue weighted by Gasteiger charge is 1.94. The van der Waals surface area contributed by atoms with Crippen molar-refractivity contribution in [1.29, 1.82) is 0 Å². The van der Waals surface area contributed by atoms with Crippen LogP contribution in [0.25, 0.3) is 5.41 Å². The van der Waals surface area contributed by atoms with Gasteiger partial charge in [0, 0.05) is 17.5 Å². The lowest BCUT2D eigenvalue weighted by Gasteiger charge is -2.14. The second-order valence-corrected chi connectivity index (χ2v) is 3.20. The van der Waals surface area contributed by atoms with E-state index in [0.29, 0.717) is 23.7 Å². The number of benzene rings is 1. The third-order valence-electron chi connectivity index (χ3n) is 1.68. The molecule has 3 nitrogen and oxygen atoms in total. The molecule has 1 rings (SSSR count). The SMILES string of the molecule is CNCCOC(=[N-])c1ccc(Cl)cc1. The molecule has 0 bridgehead atoms. The summed E-state index contributed by atoms with van der Waals surface area (Å²) in [6.45, 7) is 1.13. The fraction of sp³-hybridized carbons (Fsp3) is 0.300. The number of likely N-dealkylation sites (N-methyl/N-ethyl adjacent to an activating group) is 1. The quantitative estimate of drug-likeness (QED) is 0.470. The van der Waals surface area contributed by atoms with Gasteiger partial charge in [-0.25, -0.2) is 0 Å². The van der Waals surface area contributed by atoms with E-state index >= 15 is 0 Å². The monoisotopic (exact) mass is 211 g/mol. The largest absolute Gasteiger partial charge is 0.771 e. The summed E-state index contributed by atoms with van der Waals surface area (Å²) in [4.78, 5) is 0. The Labute approximate surface area is 88.5 Å². The zero-order valence-electron chi connectivity index (χ0n) is 7.96. The minimum absolute atomic E-state index is 0.0723. The van der Waals surface area contributed by atoms with E-state index in [-0.39, 0.29) is 5.90 Å². The average molecular weight is 212 g/mol. The van der Waals surface area contributed by atoms with Crippen LogP contribution < -0.4 is 5.32 Å². The van der Waals surface area contributed by atoms with Crippen molar-refractivity contribution >= 4 is 17.5 Å². The van der Waals surface area contributed by atoms with Gasteiger partial charge >= 0.3 is 0 Å². The van der Waals surface area contributed by atoms with Gasteiger partial charge in [0.1, 0.15) is 0 Å². The highest BCUT2D eigenvalue weighted by molar-refractivity contribution is 6.30. The summed E-state index contributed by atoms with van der Waals surface area (Å²) < 4.78 is 5.07. The van der Waals surface area contributed by atoms with Gasteiger partial charge in [-0.2, -0.15) is 0 Å². The first-order valence-electron chi connectivity index (χ1n) is 4.33. The maximum Gasteiger partial charge on any atom is 0.0978 e. The van der Waals surface area contributed by atoms with Crippen LogP contribution in [0.5, 0.6) is 0 Å². The van der Waals surface area contributed by atoms with Crippen LogP contribution in [-0.2, 0) is 4.74 Å². The van der Waals surface area contributed by atoms with Crippen LogP contribution in [0.1, 0.15) is 5.56 Å². The van der Waals surface area contributed by atoms with E-state index in [1.54, 1.807) is 24.3 Å². The smallest absolute Gasteiger partial charge is 0.0978 e. The molecule has 0 aliphatic rings. The first-order valence-corrected chi connectivity index (χ1v) is 4.71. The summed E-state index contributed by atoms with van der Waals surface area (Å²) in [5.74, 6) is -0.0723. The summed E-state index contributed by atoms with van der Waals surface area (Å²) in [6, 6.07) is 6.82. The normalized spacial score (nSPS) is 9.86. The Bertz CT molecular complexity index is 297. The summed E-state index contributed by atoms with van der Waals surface area (Å²) in [5.41, 5.74) is 0.630. The van der Waals surface area contributed by atoms with E-state index in [4.69, 9.17) is 16.3 Å². The highest BCUT2D eigenvalue weighted by Crippen LogP contribution is 2.10. The molecule has 14 heavy (non-hydrogen) atoms. The van der Waals surface area contributed by atoms with Gasteiger partial charge in [0.15, 0.2) is 0 Å². The van der Waals surface area contributed by atoms with E-state index in [1.165, 1.54) is 0 Å². The van der Waals surface area contributed by atoms with Crippen molar-refractivity contribution in [2.75, 3.05) is 20.2 Å². The summed E-state index contributed by atoms with van der Waals surface area (Å²) in [7, 11) is 1.82. The fourth-order valence-corrected chi connectivity index (χ4v) is 1.05. The predicted molar refractivity (Wildman–Crippen MR) is 58.8 cm³/mol. The van der Waals surface area contributed by atoms with Crippen LogP contribution in [0, 0.1) is 0 Å². The van der Waals surface area contributed by atoms with Gasteiger partial charge in [-0.1, -0.05) is 23.7 Å². The predicted octanol–water partition coefficient (Wildman–Crippen LogP) is 1.89. The standard InChI is InChI=1S/C10H12ClN2O/c1-13-6-7-14-10(12)8-2-4-9(11)5-3-8/h2-5,13H,6-7H2,1H3/q-1. The lowest BCUT2D eigenvalue weighted by molar-refractivity contribution is 0.311. The number of ether oxygens (including phenoxy) is 1. The van der Waals surface area contributed by atoms with Gasteiger partial charge in [-0.15, -0.1) is 0 Å². The minimum atomic E-state index is -0.0723. The molecule has 0 spiro atoms. The van der Waals surface area contributed by atoms with Crippen LogP contribution in [-0.4, -0.2) is 26.1 Å². The van der Waals surface area contributed by atoms with Crippen molar-refractivity contribution in [3.05, 3.63) is 40.3 Å². The van der Waals surface area contributed by atoms with Gasteiger partial charge in [0.05, 0.1) is 6.61 Å². The number of nitrogens with zero attached hydrogens (tertiary/aromatic N) is 1. The number of nitrogens with one attached hydrogen (secondary N) is 1. The Morgan fingerprint density at radius 2 is 2.07 bits per heavy atom. The Hall–Kier alpha value is -1.06. The first-order chi connectivity index (χ1) is 6.74. The Morgan fingerprint density at radius 3 is 2.64 bits per heavy atom. The van der Waals surface area contributed by atoms with Crippen molar-refractivity contribution in [3.63, 3.8) is 0 Å². The van der Waals surface area contributed by atoms with E-state index in [9.17, 15) is 5.41 Å². The number of halogens is 1. The summed E-state index contributed by atoms with van der Waals surface area (Å²) in [6.07, 6.45) is 0. The highest BCUT2D eigenvalue weighted by atomic mass is 35.5. The molecule has 1 aromatic carbocycles. The second-order valence-electron chi connectivity index (χ2n) is 2.76. The molecule has 4 heteroatoms. The third-order valence-corrected chi connectivity index (χ3v) is 1.93. The van der Waals surface area contributed by atoms with Crippen LogP contribution in [0.4, 0.5) is 0 Å². The molecule has 0 atom stereocenters. The Kier molecular flexibility index (Phi) is 4.43. The molecule has 0 heterocycles. The molecule has 0 fully saturated rings. The van der Waals surface area contributed by atoms with Crippen molar-refractivity contribution < 1.29 is 4.74 Å². The molecule has 0 saturated heterocycles. The second kappa shape index (κ2) is 5.62. The van der Waals surface area contributed by atoms with Crippen LogP contribution in [0.15, 0.2) is 24.3 Å². The van der Waals surface area contributed by atoms with Gasteiger partial charge in [0.25, 0.3) is 0 Å². The fourth-order valence-electron chi connectivity index (χ4n) is 0.926. The molecule has 0 aromatic heterocycles. The van der Waals surface area contributed by atoms with Crippen molar-refractivity contribution in [2.45, 2.75) is 0 Å². The summed E-state index contributed by atoms with van der Waals surface area (Å²) in [5, 5.41) is 13.0. The summed E-state index contributed by atoms with van der Waals surface area (Å²) >= 11 is 5.70. The molecule has 0 amide bonds. The van der Waals surface area contributed by atoms with Crippen LogP contribution in [0.2, 0.25) is 5.02 Å². The molecule has 1 aromatic rings. The van der Waals surface area contributed by atoms with Crippen molar-refractivity contribution in [3.8, 4) is 0 Å². The molecular weight excluding hydrogens is 200 g/mol. The molecule has 0 saturated carbocycles. The first kappa shape index (κ1) is 11.0. The lowest BCUT2D eigenvalue weighted by atomic mass is 10.2. The lowest BCUT2D eigenvalue weighted by Crippen LogP contribution is -2.17. The van der Waals surface area contributed by atoms with Crippen molar-refractivity contribution in [2.24, 2.45) is 0 Å². The average Bonchev–Trinajstić information content (AvgIpc) is 2.19. The topological polar surface area (TPSA) is 43.6 Å². The van der Waals surface area contributed by atoms with E-state index in [1.807, 2.05) is 7.05 Å². The van der Waals surface area contributed by atoms with Gasteiger partial charge < -0.3 is 15.5 Å². The maximum atomic E-state index is 9.46. The van der Waals surface area contributed by atoms with Gasteiger partial charge in [-0.3, -0.25) is 0 Å². The van der Waals surface area contributed by atoms with Gasteiger partial charge in [0.2, 0.25) is 0 Å². The Morgan fingerprint density at radius 1 is 1.43 bits per heavy atom. The molecule has 0 aliphatic carbocycles. The third kappa shape index (κ3) is 3.36. The molecule has 76 valence electrons. The van der Waals surface area contributed by atoms with Crippen molar-refractivity contribution in [1.82, 2.24) is 5.32 Å². The minimum Gasteiger partial charge on any atom is -0.771 e. The van der Waals surface area contributed by atoms with E-state index in [0.717, 1.165) is 0 Å². The molecule has 0 radical (unpaired) electrons. The number of hydrogen-bond acceptors (Lipinski definition) is 2. The van der Waals surface area contributed by atoms with Crippen LogP contribution >= 0.6 is 11.6 Å². The molecule has 0 aliphatic heterocycles. The molecule has 0 unspecified atom stereocenters. The zero-order chi connectivity index (χ0) is 10.4. The zero-order valence-corrected chi connectivity index (χ0v) is 8.71. The Balaban J connectivity index is 2.48. The number of rotatable bonds is 4. The molecule has 1 N–H and O–H groups in total. The number of hydrogen-bond donors (Lipinski definition) is 1. The van der Waals surface area contributed by atoms with Crippen LogP contribution in [0.3, 0.4) is 0 Å². The van der Waals surface area contributed by atoms with E-state index < -0.39 is 0 Å². The van der Waals surface area contributed by atoms with E-state index in [2.05, 4.69) is 5.32 Å². The maximum absolute atomic E-state index is 9.46.